The summed E-state index contributed by atoms with van der Waals surface area (Å²) in [6.45, 7) is 0. The van der Waals surface area contributed by atoms with Gasteiger partial charge in [0.1, 0.15) is 0 Å². The van der Waals surface area contributed by atoms with E-state index in [0.717, 1.165) is 24.8 Å². The lowest BCUT2D eigenvalue weighted by Gasteiger charge is -2.07. The molecule has 0 fully saturated rings. The number of nitro benzene ring substituents is 1. The van der Waals surface area contributed by atoms with E-state index in [1.807, 2.05) is 6.07 Å². The van der Waals surface area contributed by atoms with Gasteiger partial charge >= 0.3 is 0 Å². The number of sulfone groups is 1. The van der Waals surface area contributed by atoms with Gasteiger partial charge in [0.15, 0.2) is 9.84 Å². The fourth-order valence-corrected chi connectivity index (χ4v) is 4.19. The Morgan fingerprint density at radius 3 is 2.59 bits per heavy atom. The molecule has 0 aliphatic heterocycles. The monoisotopic (exact) mass is 317 g/mol. The van der Waals surface area contributed by atoms with Crippen LogP contribution in [0.1, 0.15) is 23.1 Å². The highest BCUT2D eigenvalue weighted by molar-refractivity contribution is 7.90. The normalized spacial score (nSPS) is 13.8. The van der Waals surface area contributed by atoms with Crippen LogP contribution in [0.5, 0.6) is 0 Å². The second-order valence-corrected chi connectivity index (χ2v) is 7.46. The Kier molecular flexibility index (Phi) is 3.70. The zero-order chi connectivity index (χ0) is 15.7. The molecule has 1 aliphatic rings. The van der Waals surface area contributed by atoms with Gasteiger partial charge in [0, 0.05) is 12.1 Å². The van der Waals surface area contributed by atoms with Crippen LogP contribution >= 0.6 is 0 Å². The van der Waals surface area contributed by atoms with Crippen molar-refractivity contribution in [2.24, 2.45) is 0 Å². The Hall–Kier alpha value is -2.21. The average Bonchev–Trinajstić information content (AvgIpc) is 2.94. The average molecular weight is 317 g/mol. The van der Waals surface area contributed by atoms with E-state index in [4.69, 9.17) is 0 Å². The van der Waals surface area contributed by atoms with Crippen molar-refractivity contribution >= 4 is 15.5 Å². The summed E-state index contributed by atoms with van der Waals surface area (Å²) in [5.41, 5.74) is 2.64. The predicted molar refractivity (Wildman–Crippen MR) is 82.5 cm³/mol. The highest BCUT2D eigenvalue weighted by atomic mass is 32.2. The van der Waals surface area contributed by atoms with Gasteiger partial charge in [-0.05, 0) is 48.1 Å². The predicted octanol–water partition coefficient (Wildman–Crippen LogP) is 3.06. The van der Waals surface area contributed by atoms with Crippen molar-refractivity contribution in [2.45, 2.75) is 29.9 Å². The molecule has 0 saturated heterocycles. The first-order valence-corrected chi connectivity index (χ1v) is 8.69. The van der Waals surface area contributed by atoms with Crippen LogP contribution < -0.4 is 0 Å². The molecule has 0 saturated carbocycles. The minimum Gasteiger partial charge on any atom is -0.258 e. The first kappa shape index (κ1) is 14.7. The summed E-state index contributed by atoms with van der Waals surface area (Å²) in [6.07, 6.45) is 2.97. The standard InChI is InChI=1S/C16H15NO4S/c18-17(19)15-6-1-3-12(9-15)11-22(20,21)16-8-7-13-4-2-5-14(13)10-16/h1,3,6-10H,2,4-5,11H2. The third-order valence-corrected chi connectivity index (χ3v) is 5.59. The number of hydrogen-bond acceptors (Lipinski definition) is 4. The molecule has 6 heteroatoms. The van der Waals surface area contributed by atoms with Crippen LogP contribution in [-0.2, 0) is 28.4 Å². The highest BCUT2D eigenvalue weighted by Crippen LogP contribution is 2.26. The molecule has 0 radical (unpaired) electrons. The van der Waals surface area contributed by atoms with Gasteiger partial charge in [0.2, 0.25) is 0 Å². The first-order valence-electron chi connectivity index (χ1n) is 7.03. The third kappa shape index (κ3) is 2.87. The lowest BCUT2D eigenvalue weighted by molar-refractivity contribution is -0.384. The smallest absolute Gasteiger partial charge is 0.258 e. The quantitative estimate of drug-likeness (QED) is 0.641. The van der Waals surface area contributed by atoms with Gasteiger partial charge in [0.25, 0.3) is 5.69 Å². The van der Waals surface area contributed by atoms with Crippen LogP contribution in [0.15, 0.2) is 47.4 Å². The summed E-state index contributed by atoms with van der Waals surface area (Å²) >= 11 is 0. The molecule has 0 N–H and O–H groups in total. The SMILES string of the molecule is O=[N+]([O-])c1cccc(CS(=O)(=O)c2ccc3c(c2)CCC3)c1. The number of rotatable bonds is 4. The molecular weight excluding hydrogens is 302 g/mol. The molecule has 114 valence electrons. The molecule has 0 unspecified atom stereocenters. The molecule has 0 aromatic heterocycles. The Bertz CT molecular complexity index is 843. The van der Waals surface area contributed by atoms with Crippen molar-refractivity contribution in [1.82, 2.24) is 0 Å². The molecule has 22 heavy (non-hydrogen) atoms. The Balaban J connectivity index is 1.90. The Morgan fingerprint density at radius 1 is 1.05 bits per heavy atom. The number of nitro groups is 1. The summed E-state index contributed by atoms with van der Waals surface area (Å²) < 4.78 is 25.0. The summed E-state index contributed by atoms with van der Waals surface area (Å²) in [7, 11) is -3.50. The Labute approximate surface area is 128 Å². The van der Waals surface area contributed by atoms with E-state index in [1.165, 1.54) is 23.8 Å². The molecular formula is C16H15NO4S. The van der Waals surface area contributed by atoms with E-state index in [9.17, 15) is 18.5 Å². The van der Waals surface area contributed by atoms with Crippen molar-refractivity contribution in [3.63, 3.8) is 0 Å². The van der Waals surface area contributed by atoms with Crippen molar-refractivity contribution < 1.29 is 13.3 Å². The Morgan fingerprint density at radius 2 is 1.82 bits per heavy atom. The number of fused-ring (bicyclic) bond motifs is 1. The fraction of sp³-hybridized carbons (Fsp3) is 0.250. The summed E-state index contributed by atoms with van der Waals surface area (Å²) in [4.78, 5) is 10.5. The van der Waals surface area contributed by atoms with E-state index in [1.54, 1.807) is 18.2 Å². The second kappa shape index (κ2) is 5.53. The van der Waals surface area contributed by atoms with E-state index < -0.39 is 14.8 Å². The van der Waals surface area contributed by atoms with Crippen LogP contribution in [-0.4, -0.2) is 13.3 Å². The maximum Gasteiger partial charge on any atom is 0.269 e. The van der Waals surface area contributed by atoms with Crippen LogP contribution in [0.3, 0.4) is 0 Å². The highest BCUT2D eigenvalue weighted by Gasteiger charge is 2.20. The second-order valence-electron chi connectivity index (χ2n) is 5.47. The van der Waals surface area contributed by atoms with E-state index in [0.29, 0.717) is 10.5 Å². The fourth-order valence-electron chi connectivity index (χ4n) is 2.80. The van der Waals surface area contributed by atoms with Crippen LogP contribution in [0, 0.1) is 10.1 Å². The summed E-state index contributed by atoms with van der Waals surface area (Å²) in [5, 5.41) is 10.8. The topological polar surface area (TPSA) is 77.3 Å². The van der Waals surface area contributed by atoms with Gasteiger partial charge in [0.05, 0.1) is 15.6 Å². The molecule has 5 nitrogen and oxygen atoms in total. The number of benzene rings is 2. The minimum atomic E-state index is -3.50. The zero-order valence-corrected chi connectivity index (χ0v) is 12.7. The molecule has 2 aromatic carbocycles. The molecule has 0 heterocycles. The number of non-ortho nitro benzene ring substituents is 1. The van der Waals surface area contributed by atoms with E-state index >= 15 is 0 Å². The molecule has 3 rings (SSSR count). The minimum absolute atomic E-state index is 0.0957. The van der Waals surface area contributed by atoms with Crippen LogP contribution in [0.2, 0.25) is 0 Å². The summed E-state index contributed by atoms with van der Waals surface area (Å²) in [5.74, 6) is -0.229. The molecule has 0 spiro atoms. The van der Waals surface area contributed by atoms with Crippen molar-refractivity contribution in [3.8, 4) is 0 Å². The van der Waals surface area contributed by atoms with Gasteiger partial charge in [-0.3, -0.25) is 10.1 Å². The van der Waals surface area contributed by atoms with Gasteiger partial charge in [-0.2, -0.15) is 0 Å². The van der Waals surface area contributed by atoms with Crippen molar-refractivity contribution in [2.75, 3.05) is 0 Å². The first-order chi connectivity index (χ1) is 10.5. The largest absolute Gasteiger partial charge is 0.269 e. The van der Waals surface area contributed by atoms with E-state index in [2.05, 4.69) is 0 Å². The zero-order valence-electron chi connectivity index (χ0n) is 11.9. The lowest BCUT2D eigenvalue weighted by atomic mass is 10.1. The molecule has 0 atom stereocenters. The number of nitrogens with zero attached hydrogens (tertiary/aromatic N) is 1. The van der Waals surface area contributed by atoms with Gasteiger partial charge < -0.3 is 0 Å². The number of hydrogen-bond donors (Lipinski definition) is 0. The molecule has 0 amide bonds. The molecule has 2 aromatic rings. The van der Waals surface area contributed by atoms with Crippen molar-refractivity contribution in [3.05, 3.63) is 69.3 Å². The van der Waals surface area contributed by atoms with Crippen LogP contribution in [0.4, 0.5) is 5.69 Å². The summed E-state index contributed by atoms with van der Waals surface area (Å²) in [6, 6.07) is 11.0. The maximum atomic E-state index is 12.5. The molecule has 0 bridgehead atoms. The van der Waals surface area contributed by atoms with Crippen LogP contribution in [0.25, 0.3) is 0 Å². The van der Waals surface area contributed by atoms with Gasteiger partial charge in [-0.15, -0.1) is 0 Å². The molecule has 1 aliphatic carbocycles. The maximum absolute atomic E-state index is 12.5. The third-order valence-electron chi connectivity index (χ3n) is 3.91. The van der Waals surface area contributed by atoms with Crippen molar-refractivity contribution in [1.29, 1.82) is 0 Å². The van der Waals surface area contributed by atoms with Gasteiger partial charge in [-0.1, -0.05) is 18.2 Å². The number of aryl methyl sites for hydroxylation is 2. The van der Waals surface area contributed by atoms with Gasteiger partial charge in [-0.25, -0.2) is 8.42 Å². The van der Waals surface area contributed by atoms with E-state index in [-0.39, 0.29) is 11.4 Å². The lowest BCUT2D eigenvalue weighted by Crippen LogP contribution is -2.06.